The first-order chi connectivity index (χ1) is 31.5. The van der Waals surface area contributed by atoms with Crippen molar-refractivity contribution in [2.24, 2.45) is 0 Å². The Bertz CT molecular complexity index is 1300. The third-order valence-electron chi connectivity index (χ3n) is 11.0. The second kappa shape index (κ2) is 52.0. The molecule has 0 aromatic rings. The highest BCUT2D eigenvalue weighted by molar-refractivity contribution is 5.71. The second-order valence-electron chi connectivity index (χ2n) is 17.3. The maximum absolute atomic E-state index is 12.8. The van der Waals surface area contributed by atoms with Gasteiger partial charge in [-0.25, -0.2) is 0 Å². The molecule has 364 valence electrons. The highest BCUT2D eigenvalue weighted by Crippen LogP contribution is 2.14. The highest BCUT2D eigenvalue weighted by Gasteiger charge is 2.19. The van der Waals surface area contributed by atoms with Crippen molar-refractivity contribution >= 4 is 17.9 Å². The molecule has 0 aromatic heterocycles. The average molecular weight is 889 g/mol. The Morgan fingerprint density at radius 2 is 0.562 bits per heavy atom. The van der Waals surface area contributed by atoms with E-state index >= 15 is 0 Å². The number of hydrogen-bond acceptors (Lipinski definition) is 6. The fraction of sp³-hybridized carbons (Fsp3) is 0.672. The Labute approximate surface area is 394 Å². The molecule has 0 aliphatic heterocycles. The molecule has 0 aliphatic rings. The lowest BCUT2D eigenvalue weighted by Crippen LogP contribution is -2.30. The van der Waals surface area contributed by atoms with E-state index in [9.17, 15) is 14.4 Å². The van der Waals surface area contributed by atoms with Crippen molar-refractivity contribution in [3.63, 3.8) is 0 Å². The fourth-order valence-corrected chi connectivity index (χ4v) is 6.99. The van der Waals surface area contributed by atoms with Crippen LogP contribution in [0.3, 0.4) is 0 Å². The van der Waals surface area contributed by atoms with E-state index in [1.54, 1.807) is 0 Å². The summed E-state index contributed by atoms with van der Waals surface area (Å²) in [5, 5.41) is 0. The standard InChI is InChI=1S/C58H96O6/c1-4-7-10-13-16-19-22-24-26-28-30-32-34-36-39-42-45-48-51-57(60)63-54-55(53-62-56(59)50-47-44-41-38-21-18-15-12-9-6-3)64-58(61)52-49-46-43-40-37-35-33-31-29-27-25-23-20-17-14-11-8-5-2/h16-17,19-20,22-33,55H,4-15,18,21,34-54H2,1-3H3/b19-16-,20-17-,24-22-,25-23-,28-26-,29-27-,32-30-,33-31-. The summed E-state index contributed by atoms with van der Waals surface area (Å²) in [7, 11) is 0. The van der Waals surface area contributed by atoms with Gasteiger partial charge < -0.3 is 14.2 Å². The fourth-order valence-electron chi connectivity index (χ4n) is 6.99. The van der Waals surface area contributed by atoms with Crippen LogP contribution in [-0.4, -0.2) is 37.2 Å². The average Bonchev–Trinajstić information content (AvgIpc) is 3.29. The minimum atomic E-state index is -0.799. The molecule has 0 saturated heterocycles. The van der Waals surface area contributed by atoms with Crippen LogP contribution in [0, 0.1) is 0 Å². The molecule has 0 saturated carbocycles. The van der Waals surface area contributed by atoms with E-state index < -0.39 is 6.10 Å². The summed E-state index contributed by atoms with van der Waals surface area (Å²) in [6, 6.07) is 0. The maximum Gasteiger partial charge on any atom is 0.306 e. The molecule has 6 heteroatoms. The number of rotatable bonds is 46. The van der Waals surface area contributed by atoms with Crippen LogP contribution in [0.4, 0.5) is 0 Å². The summed E-state index contributed by atoms with van der Waals surface area (Å²) in [4.78, 5) is 38.0. The SMILES string of the molecule is CCCCC\C=C/C=C\C=C/C=C\CCCCCCCC(=O)OCC(COC(=O)CCCCCCCCCCCC)OC(=O)CCCCCCC\C=C/C=C\C=C/C=C\CCCCC. The molecule has 0 N–H and O–H groups in total. The summed E-state index contributed by atoms with van der Waals surface area (Å²) in [6.45, 7) is 6.50. The monoisotopic (exact) mass is 889 g/mol. The second-order valence-corrected chi connectivity index (χ2v) is 17.3. The number of esters is 3. The Morgan fingerprint density at radius 1 is 0.312 bits per heavy atom. The molecule has 0 heterocycles. The summed E-state index contributed by atoms with van der Waals surface area (Å²) in [5.41, 5.74) is 0. The molecule has 6 nitrogen and oxygen atoms in total. The quantitative estimate of drug-likeness (QED) is 0.0262. The Hall–Kier alpha value is -3.67. The number of allylic oxidation sites excluding steroid dienone is 16. The summed E-state index contributed by atoms with van der Waals surface area (Å²) in [5.74, 6) is -0.945. The van der Waals surface area contributed by atoms with E-state index in [2.05, 4.69) is 118 Å². The number of carbonyl (C=O) groups is 3. The normalized spacial score (nSPS) is 12.9. The molecule has 0 aromatic carbocycles. The molecule has 0 fully saturated rings. The minimum absolute atomic E-state index is 0.0950. The van der Waals surface area contributed by atoms with Gasteiger partial charge in [0, 0.05) is 19.3 Å². The van der Waals surface area contributed by atoms with Gasteiger partial charge in [0.2, 0.25) is 0 Å². The summed E-state index contributed by atoms with van der Waals surface area (Å²) >= 11 is 0. The van der Waals surface area contributed by atoms with Crippen molar-refractivity contribution in [3.8, 4) is 0 Å². The third kappa shape index (κ3) is 49.3. The van der Waals surface area contributed by atoms with Crippen LogP contribution in [0.25, 0.3) is 0 Å². The molecule has 64 heavy (non-hydrogen) atoms. The van der Waals surface area contributed by atoms with Crippen LogP contribution >= 0.6 is 0 Å². The Kier molecular flexibility index (Phi) is 49.0. The molecular weight excluding hydrogens is 793 g/mol. The Morgan fingerprint density at radius 3 is 0.906 bits per heavy atom. The molecule has 0 aliphatic carbocycles. The molecular formula is C58H96O6. The van der Waals surface area contributed by atoms with Crippen LogP contribution < -0.4 is 0 Å². The van der Waals surface area contributed by atoms with E-state index in [1.165, 1.54) is 83.5 Å². The third-order valence-corrected chi connectivity index (χ3v) is 11.0. The molecule has 0 rings (SSSR count). The van der Waals surface area contributed by atoms with Gasteiger partial charge in [0.05, 0.1) is 0 Å². The molecule has 1 unspecified atom stereocenters. The van der Waals surface area contributed by atoms with Crippen LogP contribution in [0.1, 0.15) is 233 Å². The minimum Gasteiger partial charge on any atom is -0.462 e. The van der Waals surface area contributed by atoms with Gasteiger partial charge in [-0.3, -0.25) is 14.4 Å². The van der Waals surface area contributed by atoms with Crippen molar-refractivity contribution in [1.82, 2.24) is 0 Å². The molecule has 0 spiro atoms. The van der Waals surface area contributed by atoms with E-state index in [4.69, 9.17) is 14.2 Å². The lowest BCUT2D eigenvalue weighted by atomic mass is 10.1. The van der Waals surface area contributed by atoms with E-state index in [1.807, 2.05) is 0 Å². The lowest BCUT2D eigenvalue weighted by Gasteiger charge is -2.18. The van der Waals surface area contributed by atoms with Crippen molar-refractivity contribution in [1.29, 1.82) is 0 Å². The van der Waals surface area contributed by atoms with Gasteiger partial charge >= 0.3 is 17.9 Å². The van der Waals surface area contributed by atoms with Crippen molar-refractivity contribution in [3.05, 3.63) is 97.2 Å². The predicted octanol–water partition coefficient (Wildman–Crippen LogP) is 17.4. The Balaban J connectivity index is 4.47. The zero-order valence-electron chi connectivity index (χ0n) is 41.5. The number of hydrogen-bond donors (Lipinski definition) is 0. The first-order valence-corrected chi connectivity index (χ1v) is 26.3. The smallest absolute Gasteiger partial charge is 0.306 e. The van der Waals surface area contributed by atoms with Crippen LogP contribution in [0.2, 0.25) is 0 Å². The van der Waals surface area contributed by atoms with Gasteiger partial charge in [-0.1, -0.05) is 240 Å². The summed E-state index contributed by atoms with van der Waals surface area (Å²) in [6.07, 6.45) is 68.1. The molecule has 0 radical (unpaired) electrons. The van der Waals surface area contributed by atoms with Gasteiger partial charge in [0.1, 0.15) is 13.2 Å². The van der Waals surface area contributed by atoms with E-state index in [-0.39, 0.29) is 31.1 Å². The van der Waals surface area contributed by atoms with Gasteiger partial charge in [0.25, 0.3) is 0 Å². The van der Waals surface area contributed by atoms with Crippen molar-refractivity contribution in [2.75, 3.05) is 13.2 Å². The highest BCUT2D eigenvalue weighted by atomic mass is 16.6. The molecule has 0 bridgehead atoms. The summed E-state index contributed by atoms with van der Waals surface area (Å²) < 4.78 is 16.8. The predicted molar refractivity (Wildman–Crippen MR) is 274 cm³/mol. The van der Waals surface area contributed by atoms with E-state index in [0.29, 0.717) is 19.3 Å². The largest absolute Gasteiger partial charge is 0.462 e. The van der Waals surface area contributed by atoms with Gasteiger partial charge in [-0.2, -0.15) is 0 Å². The molecule has 0 amide bonds. The van der Waals surface area contributed by atoms with Gasteiger partial charge in [0.15, 0.2) is 6.10 Å². The number of carbonyl (C=O) groups excluding carboxylic acids is 3. The first kappa shape index (κ1) is 60.3. The van der Waals surface area contributed by atoms with E-state index in [0.717, 1.165) is 109 Å². The topological polar surface area (TPSA) is 78.9 Å². The number of ether oxygens (including phenoxy) is 3. The van der Waals surface area contributed by atoms with Gasteiger partial charge in [-0.15, -0.1) is 0 Å². The van der Waals surface area contributed by atoms with Crippen LogP contribution in [0.5, 0.6) is 0 Å². The van der Waals surface area contributed by atoms with Crippen LogP contribution in [0.15, 0.2) is 97.2 Å². The lowest BCUT2D eigenvalue weighted by molar-refractivity contribution is -0.167. The molecule has 1 atom stereocenters. The number of unbranched alkanes of at least 4 members (excludes halogenated alkanes) is 25. The van der Waals surface area contributed by atoms with Crippen LogP contribution in [-0.2, 0) is 28.6 Å². The van der Waals surface area contributed by atoms with Gasteiger partial charge in [-0.05, 0) is 70.6 Å². The zero-order chi connectivity index (χ0) is 46.5. The zero-order valence-corrected chi connectivity index (χ0v) is 41.5. The maximum atomic E-state index is 12.8. The van der Waals surface area contributed by atoms with Crippen molar-refractivity contribution < 1.29 is 28.6 Å². The first-order valence-electron chi connectivity index (χ1n) is 26.3. The van der Waals surface area contributed by atoms with Crippen molar-refractivity contribution in [2.45, 2.75) is 239 Å².